The Hall–Kier alpha value is -3.92. The van der Waals surface area contributed by atoms with E-state index in [0.29, 0.717) is 0 Å². The van der Waals surface area contributed by atoms with Crippen molar-refractivity contribution in [1.29, 1.82) is 0 Å². The van der Waals surface area contributed by atoms with Crippen LogP contribution in [0.15, 0.2) is 85.0 Å². The predicted octanol–water partition coefficient (Wildman–Crippen LogP) is 7.32. The molecule has 2 aromatic heterocycles. The number of anilines is 2. The molecular formula is C32H30N4. The Labute approximate surface area is 245 Å². The van der Waals surface area contributed by atoms with Crippen molar-refractivity contribution in [2.24, 2.45) is 0 Å². The maximum atomic E-state index is 8.92. The number of hydrogen-bond acceptors (Lipinski definition) is 4. The van der Waals surface area contributed by atoms with Crippen LogP contribution in [-0.2, 0) is 0 Å². The summed E-state index contributed by atoms with van der Waals surface area (Å²) in [6.07, 6.45) is -11.6. The summed E-state index contributed by atoms with van der Waals surface area (Å²) >= 11 is 0. The number of fused-ring (bicyclic) bond motifs is 3. The molecule has 0 bridgehead atoms. The smallest absolute Gasteiger partial charge is 0.0970 e. The first-order valence-electron chi connectivity index (χ1n) is 22.7. The van der Waals surface area contributed by atoms with Crippen molar-refractivity contribution < 1.29 is 32.9 Å². The van der Waals surface area contributed by atoms with Crippen LogP contribution in [0.5, 0.6) is 0 Å². The van der Waals surface area contributed by atoms with Gasteiger partial charge in [-0.2, -0.15) is 0 Å². The maximum Gasteiger partial charge on any atom is 0.0970 e. The minimum absolute atomic E-state index is 0.0123. The quantitative estimate of drug-likeness (QED) is 0.245. The van der Waals surface area contributed by atoms with Crippen LogP contribution >= 0.6 is 0 Å². The minimum atomic E-state index is -3.53. The summed E-state index contributed by atoms with van der Waals surface area (Å²) in [7, 11) is 0. The lowest BCUT2D eigenvalue weighted by atomic mass is 9.96. The third-order valence-electron chi connectivity index (χ3n) is 5.63. The SMILES string of the molecule is [2H]c1c([2H])c(N2C([2H])([2H])C([2H])([2H])C([2H])([2H])C2([2H])[2H])c([2H])c([2H])c1-c1ccnc2c1ccc1c(-c3c([2H])c([2H])c(N4C([2H])([2H])C([2H])([2H])C([2H])([2H])C4([2H])[2H])c([2H])c3[2H])ccnc12. The zero-order valence-corrected chi connectivity index (χ0v) is 18.3. The van der Waals surface area contributed by atoms with Crippen molar-refractivity contribution in [3.05, 3.63) is 85.0 Å². The van der Waals surface area contributed by atoms with Gasteiger partial charge in [-0.15, -0.1) is 0 Å². The molecule has 0 aliphatic carbocycles. The number of hydrogen-bond donors (Lipinski definition) is 0. The molecule has 4 heterocycles. The van der Waals surface area contributed by atoms with Crippen LogP contribution < -0.4 is 9.80 Å². The lowest BCUT2D eigenvalue weighted by Gasteiger charge is -2.18. The van der Waals surface area contributed by atoms with Crippen LogP contribution in [0.1, 0.15) is 58.4 Å². The normalized spacial score (nSPS) is 36.8. The average Bonchev–Trinajstić information content (AvgIpc) is 3.27. The molecule has 0 saturated carbocycles. The monoisotopic (exact) mass is 494 g/mol. The fourth-order valence-corrected chi connectivity index (χ4v) is 3.98. The molecule has 0 atom stereocenters. The molecule has 178 valence electrons. The van der Waals surface area contributed by atoms with Gasteiger partial charge in [0.15, 0.2) is 0 Å². The van der Waals surface area contributed by atoms with Crippen LogP contribution in [0, 0.1) is 0 Å². The molecule has 2 fully saturated rings. The first-order chi connectivity index (χ1) is 27.2. The lowest BCUT2D eigenvalue weighted by Crippen LogP contribution is -2.17. The molecule has 2 aliphatic heterocycles. The number of rotatable bonds is 4. The van der Waals surface area contributed by atoms with Gasteiger partial charge >= 0.3 is 0 Å². The predicted molar refractivity (Wildman–Crippen MR) is 151 cm³/mol. The number of nitrogens with zero attached hydrogens (tertiary/aromatic N) is 4. The molecule has 0 N–H and O–H groups in total. The fraction of sp³-hybridized carbons (Fsp3) is 0.250. The van der Waals surface area contributed by atoms with E-state index in [2.05, 4.69) is 9.97 Å². The first kappa shape index (κ1) is 8.04. The van der Waals surface area contributed by atoms with Crippen LogP contribution in [0.3, 0.4) is 0 Å². The van der Waals surface area contributed by atoms with Gasteiger partial charge in [-0.05, 0) is 84.0 Å². The van der Waals surface area contributed by atoms with Gasteiger partial charge in [0, 0.05) is 82.5 Å². The molecule has 3 aromatic carbocycles. The second-order valence-electron chi connectivity index (χ2n) is 7.64. The molecule has 0 radical (unpaired) electrons. The zero-order valence-electron chi connectivity index (χ0n) is 42.3. The molecule has 4 nitrogen and oxygen atoms in total. The lowest BCUT2D eigenvalue weighted by molar-refractivity contribution is 0.949. The van der Waals surface area contributed by atoms with E-state index in [1.54, 1.807) is 0 Å². The minimum Gasteiger partial charge on any atom is -0.372 e. The molecule has 7 rings (SSSR count). The van der Waals surface area contributed by atoms with Crippen LogP contribution in [0.25, 0.3) is 44.1 Å². The third kappa shape index (κ3) is 3.69. The van der Waals surface area contributed by atoms with Crippen molar-refractivity contribution >= 4 is 33.2 Å². The summed E-state index contributed by atoms with van der Waals surface area (Å²) in [4.78, 5) is 8.70. The summed E-state index contributed by atoms with van der Waals surface area (Å²) in [5.41, 5.74) is -2.68. The van der Waals surface area contributed by atoms with Gasteiger partial charge in [0.1, 0.15) is 0 Å². The summed E-state index contributed by atoms with van der Waals surface area (Å²) in [5, 5.41) is 0.305. The molecule has 0 amide bonds. The van der Waals surface area contributed by atoms with Crippen molar-refractivity contribution in [2.45, 2.75) is 25.5 Å². The highest BCUT2D eigenvalue weighted by molar-refractivity contribution is 6.11. The molecule has 5 aromatic rings. The number of pyridine rings is 2. The Bertz CT molecular complexity index is 2400. The first-order valence-corrected chi connectivity index (χ1v) is 10.7. The topological polar surface area (TPSA) is 32.3 Å². The van der Waals surface area contributed by atoms with Crippen LogP contribution in [0.4, 0.5) is 11.4 Å². The van der Waals surface area contributed by atoms with E-state index in [9.17, 15) is 0 Å². The van der Waals surface area contributed by atoms with Crippen molar-refractivity contribution in [3.63, 3.8) is 0 Å². The molecule has 0 spiro atoms. The molecule has 2 aliphatic rings. The highest BCUT2D eigenvalue weighted by Gasteiger charge is 2.15. The Morgan fingerprint density at radius 2 is 0.944 bits per heavy atom. The Kier molecular flexibility index (Phi) is 2.00. The van der Waals surface area contributed by atoms with Gasteiger partial charge in [-0.3, -0.25) is 9.97 Å². The van der Waals surface area contributed by atoms with Crippen LogP contribution in [-0.4, -0.2) is 36.0 Å². The fourth-order valence-electron chi connectivity index (χ4n) is 3.98. The summed E-state index contributed by atoms with van der Waals surface area (Å²) in [5.74, 6) is 0. The van der Waals surface area contributed by atoms with E-state index in [0.717, 1.165) is 0 Å². The van der Waals surface area contributed by atoms with Gasteiger partial charge in [-0.25, -0.2) is 0 Å². The molecule has 0 unspecified atom stereocenters. The molecule has 36 heavy (non-hydrogen) atoms. The molecule has 4 heteroatoms. The maximum absolute atomic E-state index is 8.92. The van der Waals surface area contributed by atoms with Crippen molar-refractivity contribution in [3.8, 4) is 22.3 Å². The van der Waals surface area contributed by atoms with Gasteiger partial charge in [0.2, 0.25) is 0 Å². The number of benzene rings is 3. The second kappa shape index (κ2) is 8.94. The Morgan fingerprint density at radius 3 is 1.33 bits per heavy atom. The van der Waals surface area contributed by atoms with E-state index in [1.807, 2.05) is 0 Å². The Balaban J connectivity index is 1.42. The van der Waals surface area contributed by atoms with E-state index in [4.69, 9.17) is 32.9 Å². The van der Waals surface area contributed by atoms with Gasteiger partial charge in [0.25, 0.3) is 0 Å². The molecule has 2 saturated heterocycles. The van der Waals surface area contributed by atoms with Gasteiger partial charge in [-0.1, -0.05) is 36.3 Å². The average molecular weight is 495 g/mol. The van der Waals surface area contributed by atoms with Crippen molar-refractivity contribution in [1.82, 2.24) is 9.97 Å². The van der Waals surface area contributed by atoms with Gasteiger partial charge in [0.05, 0.1) is 22.0 Å². The second-order valence-corrected chi connectivity index (χ2v) is 7.64. The van der Waals surface area contributed by atoms with E-state index < -0.39 is 111 Å². The zero-order chi connectivity index (χ0) is 45.2. The summed E-state index contributed by atoms with van der Waals surface area (Å²) in [6.45, 7) is -14.0. The van der Waals surface area contributed by atoms with E-state index >= 15 is 0 Å². The van der Waals surface area contributed by atoms with Crippen LogP contribution in [0.2, 0.25) is 0 Å². The number of aromatic nitrogens is 2. The molecular weight excluding hydrogens is 440 g/mol. The third-order valence-corrected chi connectivity index (χ3v) is 5.63. The Morgan fingerprint density at radius 1 is 0.556 bits per heavy atom. The van der Waals surface area contributed by atoms with Crippen molar-refractivity contribution in [2.75, 3.05) is 35.8 Å². The van der Waals surface area contributed by atoms with E-state index in [-0.39, 0.29) is 53.9 Å². The van der Waals surface area contributed by atoms with E-state index in [1.165, 1.54) is 36.7 Å². The highest BCUT2D eigenvalue weighted by Crippen LogP contribution is 2.36. The summed E-state index contributed by atoms with van der Waals surface area (Å²) in [6, 6.07) is -1.84. The standard InChI is InChI=1S/C32H30N4/c1-2-20-35(19-1)25-9-5-23(6-10-25)27-15-17-33-31-29(27)13-14-30-28(16-18-34-32(30)31)24-7-11-26(12-8-24)36-21-3-4-22-36/h5-18H,1-4,19-22H2/i1D2,2D2,3D2,4D2,5D,6D,7D,8D,9D,10D,11D,12D,19D2,20D2,21D2,22D2. The largest absolute Gasteiger partial charge is 0.372 e. The summed E-state index contributed by atoms with van der Waals surface area (Å²) < 4.78 is 203. The van der Waals surface area contributed by atoms with Gasteiger partial charge < -0.3 is 9.80 Å². The highest BCUT2D eigenvalue weighted by atomic mass is 15.1.